The molecule has 0 heterocycles. The highest BCUT2D eigenvalue weighted by Gasteiger charge is 2.15. The fraction of sp³-hybridized carbons (Fsp3) is 0.294. The van der Waals surface area contributed by atoms with Crippen molar-refractivity contribution in [2.45, 2.75) is 25.5 Å². The van der Waals surface area contributed by atoms with Crippen molar-refractivity contribution < 1.29 is 18.3 Å². The van der Waals surface area contributed by atoms with Gasteiger partial charge in [0.1, 0.15) is 6.61 Å². The molecule has 3 nitrogen and oxygen atoms in total. The standard InChI is InChI=1S/C17H19F2NO2.ClH/c1-21-15-8-7-13(14(20)10-17(18)19)9-16(15)22-11-12-5-3-2-4-6-12;/h2-9,14,17H,10-11,20H2,1H3;1H/t14-;/m1./s1. The molecule has 0 bridgehead atoms. The summed E-state index contributed by atoms with van der Waals surface area (Å²) in [7, 11) is 1.53. The van der Waals surface area contributed by atoms with E-state index in [4.69, 9.17) is 15.2 Å². The normalized spacial score (nSPS) is 11.7. The van der Waals surface area contributed by atoms with Gasteiger partial charge >= 0.3 is 0 Å². The number of benzene rings is 2. The van der Waals surface area contributed by atoms with Gasteiger partial charge in [0.15, 0.2) is 11.5 Å². The maximum atomic E-state index is 12.5. The second-order valence-corrected chi connectivity index (χ2v) is 4.92. The molecule has 0 saturated carbocycles. The van der Waals surface area contributed by atoms with E-state index >= 15 is 0 Å². The smallest absolute Gasteiger partial charge is 0.240 e. The topological polar surface area (TPSA) is 44.5 Å². The number of hydrogen-bond acceptors (Lipinski definition) is 3. The highest BCUT2D eigenvalue weighted by atomic mass is 35.5. The maximum absolute atomic E-state index is 12.5. The van der Waals surface area contributed by atoms with Gasteiger partial charge in [-0.25, -0.2) is 8.78 Å². The summed E-state index contributed by atoms with van der Waals surface area (Å²) in [6.45, 7) is 0.366. The molecule has 1 atom stereocenters. The van der Waals surface area contributed by atoms with Gasteiger partial charge < -0.3 is 15.2 Å². The molecular weight excluding hydrogens is 324 g/mol. The van der Waals surface area contributed by atoms with E-state index in [-0.39, 0.29) is 18.8 Å². The third-order valence-electron chi connectivity index (χ3n) is 3.29. The average molecular weight is 344 g/mol. The lowest BCUT2D eigenvalue weighted by Crippen LogP contribution is -2.14. The molecule has 0 aliphatic rings. The quantitative estimate of drug-likeness (QED) is 0.812. The number of hydrogen-bond donors (Lipinski definition) is 1. The van der Waals surface area contributed by atoms with Crippen LogP contribution < -0.4 is 15.2 Å². The molecule has 2 rings (SSSR count). The Morgan fingerprint density at radius 3 is 2.35 bits per heavy atom. The first kappa shape index (κ1) is 19.2. The van der Waals surface area contributed by atoms with Crippen LogP contribution in [0.5, 0.6) is 11.5 Å². The minimum Gasteiger partial charge on any atom is -0.493 e. The fourth-order valence-corrected chi connectivity index (χ4v) is 2.10. The summed E-state index contributed by atoms with van der Waals surface area (Å²) in [4.78, 5) is 0. The number of methoxy groups -OCH3 is 1. The van der Waals surface area contributed by atoms with Crippen LogP contribution in [0, 0.1) is 0 Å². The zero-order chi connectivity index (χ0) is 15.9. The van der Waals surface area contributed by atoms with Crippen molar-refractivity contribution in [2.24, 2.45) is 5.73 Å². The predicted octanol–water partition coefficient (Wildman–Crippen LogP) is 4.35. The van der Waals surface area contributed by atoms with E-state index in [0.29, 0.717) is 23.7 Å². The summed E-state index contributed by atoms with van der Waals surface area (Å²) < 4.78 is 35.9. The van der Waals surface area contributed by atoms with E-state index in [0.717, 1.165) is 5.56 Å². The van der Waals surface area contributed by atoms with Crippen molar-refractivity contribution in [3.05, 3.63) is 59.7 Å². The minimum absolute atomic E-state index is 0. The Morgan fingerprint density at radius 2 is 1.74 bits per heavy atom. The second kappa shape index (κ2) is 9.33. The summed E-state index contributed by atoms with van der Waals surface area (Å²) in [6.07, 6.45) is -2.82. The van der Waals surface area contributed by atoms with Gasteiger partial charge in [-0.1, -0.05) is 36.4 Å². The Labute approximate surface area is 140 Å². The van der Waals surface area contributed by atoms with Crippen LogP contribution in [-0.2, 0) is 6.61 Å². The number of halogens is 3. The highest BCUT2D eigenvalue weighted by molar-refractivity contribution is 5.85. The summed E-state index contributed by atoms with van der Waals surface area (Å²) >= 11 is 0. The summed E-state index contributed by atoms with van der Waals surface area (Å²) in [5.41, 5.74) is 7.39. The lowest BCUT2D eigenvalue weighted by molar-refractivity contribution is 0.128. The average Bonchev–Trinajstić information content (AvgIpc) is 2.53. The monoisotopic (exact) mass is 343 g/mol. The van der Waals surface area contributed by atoms with E-state index in [1.54, 1.807) is 18.2 Å². The van der Waals surface area contributed by atoms with Gasteiger partial charge in [0.05, 0.1) is 7.11 Å². The molecule has 0 amide bonds. The number of nitrogens with two attached hydrogens (primary N) is 1. The predicted molar refractivity (Wildman–Crippen MR) is 88.6 cm³/mol. The highest BCUT2D eigenvalue weighted by Crippen LogP contribution is 2.31. The minimum atomic E-state index is -2.44. The zero-order valence-electron chi connectivity index (χ0n) is 12.7. The van der Waals surface area contributed by atoms with Gasteiger partial charge in [-0.3, -0.25) is 0 Å². The van der Waals surface area contributed by atoms with Gasteiger partial charge in [0.25, 0.3) is 0 Å². The van der Waals surface area contributed by atoms with Crippen LogP contribution in [0.4, 0.5) is 8.78 Å². The lowest BCUT2D eigenvalue weighted by Gasteiger charge is -2.16. The Kier molecular flexibility index (Phi) is 7.78. The van der Waals surface area contributed by atoms with Crippen LogP contribution in [0.3, 0.4) is 0 Å². The maximum Gasteiger partial charge on any atom is 0.240 e. The second-order valence-electron chi connectivity index (χ2n) is 4.92. The Balaban J connectivity index is 0.00000264. The molecule has 0 spiro atoms. The van der Waals surface area contributed by atoms with Crippen molar-refractivity contribution >= 4 is 12.4 Å². The van der Waals surface area contributed by atoms with Crippen LogP contribution in [0.2, 0.25) is 0 Å². The molecule has 0 aromatic heterocycles. The molecule has 0 unspecified atom stereocenters. The Morgan fingerprint density at radius 1 is 1.04 bits per heavy atom. The molecule has 23 heavy (non-hydrogen) atoms. The molecule has 0 aliphatic carbocycles. The molecule has 2 aromatic carbocycles. The zero-order valence-corrected chi connectivity index (χ0v) is 13.6. The van der Waals surface area contributed by atoms with E-state index in [9.17, 15) is 8.78 Å². The van der Waals surface area contributed by atoms with Crippen LogP contribution >= 0.6 is 12.4 Å². The molecule has 126 valence electrons. The molecule has 2 N–H and O–H groups in total. The third kappa shape index (κ3) is 5.69. The Bertz CT molecular complexity index is 596. The molecular formula is C17H20ClF2NO2. The summed E-state index contributed by atoms with van der Waals surface area (Å²) in [5.74, 6) is 1.04. The lowest BCUT2D eigenvalue weighted by atomic mass is 10.0. The molecule has 0 radical (unpaired) electrons. The van der Waals surface area contributed by atoms with Crippen molar-refractivity contribution in [3.8, 4) is 11.5 Å². The van der Waals surface area contributed by atoms with E-state index in [1.165, 1.54) is 7.11 Å². The van der Waals surface area contributed by atoms with Crippen LogP contribution in [0.25, 0.3) is 0 Å². The fourth-order valence-electron chi connectivity index (χ4n) is 2.10. The summed E-state index contributed by atoms with van der Waals surface area (Å²) in [5, 5.41) is 0. The largest absolute Gasteiger partial charge is 0.493 e. The number of rotatable bonds is 7. The van der Waals surface area contributed by atoms with Gasteiger partial charge in [-0.2, -0.15) is 0 Å². The molecule has 6 heteroatoms. The van der Waals surface area contributed by atoms with Crippen molar-refractivity contribution in [3.63, 3.8) is 0 Å². The van der Waals surface area contributed by atoms with E-state index < -0.39 is 12.5 Å². The SMILES string of the molecule is COc1ccc([C@H](N)CC(F)F)cc1OCc1ccccc1.Cl. The van der Waals surface area contributed by atoms with Crippen molar-refractivity contribution in [1.29, 1.82) is 0 Å². The van der Waals surface area contributed by atoms with Crippen LogP contribution in [0.1, 0.15) is 23.6 Å². The van der Waals surface area contributed by atoms with Gasteiger partial charge in [0, 0.05) is 12.5 Å². The Hall–Kier alpha value is -1.85. The van der Waals surface area contributed by atoms with Crippen LogP contribution in [0.15, 0.2) is 48.5 Å². The first-order chi connectivity index (χ1) is 10.6. The number of ether oxygens (including phenoxy) is 2. The van der Waals surface area contributed by atoms with E-state index in [1.807, 2.05) is 30.3 Å². The van der Waals surface area contributed by atoms with Gasteiger partial charge in [-0.15, -0.1) is 12.4 Å². The van der Waals surface area contributed by atoms with E-state index in [2.05, 4.69) is 0 Å². The molecule has 0 aliphatic heterocycles. The van der Waals surface area contributed by atoms with Gasteiger partial charge in [-0.05, 0) is 23.3 Å². The molecule has 2 aromatic rings. The first-order valence-corrected chi connectivity index (χ1v) is 6.98. The van der Waals surface area contributed by atoms with Crippen LogP contribution in [-0.4, -0.2) is 13.5 Å². The van der Waals surface area contributed by atoms with Gasteiger partial charge in [0.2, 0.25) is 6.43 Å². The number of alkyl halides is 2. The molecule has 0 fully saturated rings. The van der Waals surface area contributed by atoms with Crippen molar-refractivity contribution in [1.82, 2.24) is 0 Å². The van der Waals surface area contributed by atoms with Crippen molar-refractivity contribution in [2.75, 3.05) is 7.11 Å². The molecule has 0 saturated heterocycles. The third-order valence-corrected chi connectivity index (χ3v) is 3.29. The summed E-state index contributed by atoms with van der Waals surface area (Å²) in [6, 6.07) is 13.9. The first-order valence-electron chi connectivity index (χ1n) is 6.98.